The first-order valence-electron chi connectivity index (χ1n) is 9.58. The number of halogens is 1. The standard InChI is InChI=1S/C23H19FN2O6/c1-12-10-18(25-32-12)26-20(14-6-9-16(30-2)17(11-14)31-3)19(22(28)23(26)29)21(27)13-4-7-15(24)8-5-13/h4-11,20,27H,1-3H3/t20-/m1/s1. The molecule has 164 valence electrons. The van der Waals surface area contributed by atoms with E-state index in [0.717, 1.165) is 17.0 Å². The smallest absolute Gasteiger partial charge is 0.301 e. The van der Waals surface area contributed by atoms with Crippen molar-refractivity contribution in [3.63, 3.8) is 0 Å². The number of carbonyl (C=O) groups excluding carboxylic acids is 2. The van der Waals surface area contributed by atoms with Crippen LogP contribution in [0.4, 0.5) is 10.2 Å². The molecule has 9 heteroatoms. The summed E-state index contributed by atoms with van der Waals surface area (Å²) in [5.74, 6) is -1.37. The van der Waals surface area contributed by atoms with Gasteiger partial charge in [0, 0.05) is 11.6 Å². The number of rotatable bonds is 5. The molecule has 1 fully saturated rings. The number of ether oxygens (including phenoxy) is 2. The van der Waals surface area contributed by atoms with E-state index in [9.17, 15) is 19.1 Å². The van der Waals surface area contributed by atoms with Crippen molar-refractivity contribution in [3.05, 3.63) is 76.8 Å². The lowest BCUT2D eigenvalue weighted by atomic mass is 9.95. The quantitative estimate of drug-likeness (QED) is 0.368. The number of nitrogens with zero attached hydrogens (tertiary/aromatic N) is 2. The van der Waals surface area contributed by atoms with E-state index in [1.165, 1.54) is 32.4 Å². The van der Waals surface area contributed by atoms with E-state index in [-0.39, 0.29) is 17.0 Å². The van der Waals surface area contributed by atoms with Crippen LogP contribution in [0, 0.1) is 12.7 Å². The van der Waals surface area contributed by atoms with Crippen LogP contribution in [0.2, 0.25) is 0 Å². The maximum absolute atomic E-state index is 13.4. The third-order valence-corrected chi connectivity index (χ3v) is 5.15. The number of carbonyl (C=O) groups is 2. The molecular formula is C23H19FN2O6. The first-order valence-corrected chi connectivity index (χ1v) is 9.58. The molecule has 1 aliphatic heterocycles. The third-order valence-electron chi connectivity index (χ3n) is 5.15. The number of amides is 1. The number of aromatic nitrogens is 1. The fraction of sp³-hybridized carbons (Fsp3) is 0.174. The van der Waals surface area contributed by atoms with Gasteiger partial charge in [0.2, 0.25) is 0 Å². The second-order valence-electron chi connectivity index (χ2n) is 7.09. The van der Waals surface area contributed by atoms with E-state index in [1.54, 1.807) is 25.1 Å². The second-order valence-corrected chi connectivity index (χ2v) is 7.09. The highest BCUT2D eigenvalue weighted by atomic mass is 19.1. The maximum Gasteiger partial charge on any atom is 0.301 e. The minimum absolute atomic E-state index is 0.113. The summed E-state index contributed by atoms with van der Waals surface area (Å²) >= 11 is 0. The van der Waals surface area contributed by atoms with Gasteiger partial charge in [0.05, 0.1) is 25.8 Å². The van der Waals surface area contributed by atoms with Gasteiger partial charge in [0.15, 0.2) is 17.3 Å². The maximum atomic E-state index is 13.4. The molecule has 1 aliphatic rings. The number of aryl methyl sites for hydroxylation is 1. The first kappa shape index (κ1) is 21.1. The van der Waals surface area contributed by atoms with Crippen molar-refractivity contribution in [2.24, 2.45) is 0 Å². The Labute approximate surface area is 182 Å². The molecule has 1 amide bonds. The van der Waals surface area contributed by atoms with Gasteiger partial charge in [-0.25, -0.2) is 4.39 Å². The van der Waals surface area contributed by atoms with Crippen molar-refractivity contribution in [2.75, 3.05) is 19.1 Å². The van der Waals surface area contributed by atoms with Crippen molar-refractivity contribution in [1.29, 1.82) is 0 Å². The van der Waals surface area contributed by atoms with Crippen LogP contribution in [0.1, 0.15) is 22.9 Å². The Hall–Kier alpha value is -4.14. The van der Waals surface area contributed by atoms with E-state index < -0.39 is 29.3 Å². The monoisotopic (exact) mass is 438 g/mol. The van der Waals surface area contributed by atoms with Crippen LogP contribution in [0.25, 0.3) is 5.76 Å². The van der Waals surface area contributed by atoms with Crippen molar-refractivity contribution in [2.45, 2.75) is 13.0 Å². The fourth-order valence-corrected chi connectivity index (χ4v) is 3.64. The van der Waals surface area contributed by atoms with Crippen molar-refractivity contribution < 1.29 is 33.1 Å². The predicted octanol–water partition coefficient (Wildman–Crippen LogP) is 3.77. The fourth-order valence-electron chi connectivity index (χ4n) is 3.64. The van der Waals surface area contributed by atoms with Gasteiger partial charge < -0.3 is 19.1 Å². The van der Waals surface area contributed by atoms with Gasteiger partial charge in [-0.1, -0.05) is 11.2 Å². The largest absolute Gasteiger partial charge is 0.507 e. The van der Waals surface area contributed by atoms with E-state index in [4.69, 9.17) is 14.0 Å². The van der Waals surface area contributed by atoms with Gasteiger partial charge >= 0.3 is 5.91 Å². The summed E-state index contributed by atoms with van der Waals surface area (Å²) in [6, 6.07) is 10.3. The number of hydrogen-bond acceptors (Lipinski definition) is 7. The lowest BCUT2D eigenvalue weighted by molar-refractivity contribution is -0.132. The summed E-state index contributed by atoms with van der Waals surface area (Å²) in [4.78, 5) is 27.2. The van der Waals surface area contributed by atoms with E-state index in [2.05, 4.69) is 5.16 Å². The van der Waals surface area contributed by atoms with Crippen LogP contribution in [-0.4, -0.2) is 36.2 Å². The van der Waals surface area contributed by atoms with Crippen LogP contribution in [0.5, 0.6) is 11.5 Å². The lowest BCUT2D eigenvalue weighted by Crippen LogP contribution is -2.29. The second kappa shape index (κ2) is 8.18. The summed E-state index contributed by atoms with van der Waals surface area (Å²) in [6.07, 6.45) is 0. The Kier molecular flexibility index (Phi) is 5.40. The molecule has 2 heterocycles. The predicted molar refractivity (Wildman–Crippen MR) is 112 cm³/mol. The zero-order valence-electron chi connectivity index (χ0n) is 17.5. The van der Waals surface area contributed by atoms with Gasteiger partial charge in [0.1, 0.15) is 17.3 Å². The summed E-state index contributed by atoms with van der Waals surface area (Å²) in [5, 5.41) is 14.9. The number of hydrogen-bond donors (Lipinski definition) is 1. The minimum atomic E-state index is -1.04. The molecule has 1 N–H and O–H groups in total. The van der Waals surface area contributed by atoms with Crippen LogP contribution < -0.4 is 14.4 Å². The number of aliphatic hydroxyl groups excluding tert-OH is 1. The Bertz CT molecular complexity index is 1230. The van der Waals surface area contributed by atoms with Gasteiger partial charge in [0.25, 0.3) is 5.78 Å². The molecule has 8 nitrogen and oxygen atoms in total. The molecule has 0 saturated carbocycles. The zero-order valence-corrected chi connectivity index (χ0v) is 17.5. The van der Waals surface area contributed by atoms with Crippen LogP contribution >= 0.6 is 0 Å². The molecule has 3 aromatic rings. The minimum Gasteiger partial charge on any atom is -0.507 e. The number of Topliss-reactive ketones (excluding diaryl/α,β-unsaturated/α-hetero) is 1. The topological polar surface area (TPSA) is 102 Å². The zero-order chi connectivity index (χ0) is 23.0. The first-order chi connectivity index (χ1) is 15.3. The van der Waals surface area contributed by atoms with Gasteiger partial charge in [-0.05, 0) is 48.9 Å². The van der Waals surface area contributed by atoms with Gasteiger partial charge in [-0.3, -0.25) is 14.5 Å². The van der Waals surface area contributed by atoms with E-state index >= 15 is 0 Å². The summed E-state index contributed by atoms with van der Waals surface area (Å²) in [6.45, 7) is 1.65. The molecule has 0 bridgehead atoms. The van der Waals surface area contributed by atoms with E-state index in [1.807, 2.05) is 0 Å². The number of methoxy groups -OCH3 is 2. The Morgan fingerprint density at radius 3 is 2.34 bits per heavy atom. The lowest BCUT2D eigenvalue weighted by Gasteiger charge is -2.23. The molecule has 1 saturated heterocycles. The summed E-state index contributed by atoms with van der Waals surface area (Å²) in [5.41, 5.74) is 0.479. The Morgan fingerprint density at radius 1 is 1.06 bits per heavy atom. The molecule has 4 rings (SSSR count). The van der Waals surface area contributed by atoms with Crippen LogP contribution in [0.15, 0.2) is 58.6 Å². The number of aliphatic hydroxyl groups is 1. The van der Waals surface area contributed by atoms with Crippen molar-refractivity contribution >= 4 is 23.3 Å². The summed E-state index contributed by atoms with van der Waals surface area (Å²) < 4.78 is 29.1. The average Bonchev–Trinajstić information content (AvgIpc) is 3.34. The Balaban J connectivity index is 1.95. The highest BCUT2D eigenvalue weighted by molar-refractivity contribution is 6.51. The van der Waals surface area contributed by atoms with Crippen molar-refractivity contribution in [3.8, 4) is 11.5 Å². The number of benzene rings is 2. The number of ketones is 1. The van der Waals surface area contributed by atoms with Crippen molar-refractivity contribution in [1.82, 2.24) is 5.16 Å². The molecule has 2 aromatic carbocycles. The molecule has 32 heavy (non-hydrogen) atoms. The highest BCUT2D eigenvalue weighted by Gasteiger charge is 2.48. The molecule has 1 aromatic heterocycles. The SMILES string of the molecule is COc1ccc([C@@H]2C(=C(O)c3ccc(F)cc3)C(=O)C(=O)N2c2cc(C)on2)cc1OC. The highest BCUT2D eigenvalue weighted by Crippen LogP contribution is 2.43. The van der Waals surface area contributed by atoms with Crippen LogP contribution in [0.3, 0.4) is 0 Å². The third kappa shape index (κ3) is 3.47. The Morgan fingerprint density at radius 2 is 1.75 bits per heavy atom. The summed E-state index contributed by atoms with van der Waals surface area (Å²) in [7, 11) is 2.94. The van der Waals surface area contributed by atoms with Gasteiger partial charge in [-0.15, -0.1) is 0 Å². The van der Waals surface area contributed by atoms with E-state index in [0.29, 0.717) is 22.8 Å². The molecule has 0 radical (unpaired) electrons. The molecular weight excluding hydrogens is 419 g/mol. The molecule has 1 atom stereocenters. The average molecular weight is 438 g/mol. The molecule has 0 aliphatic carbocycles. The normalized spacial score (nSPS) is 17.6. The van der Waals surface area contributed by atoms with Gasteiger partial charge in [-0.2, -0.15) is 0 Å². The molecule has 0 spiro atoms. The molecule has 0 unspecified atom stereocenters. The van der Waals surface area contributed by atoms with Crippen LogP contribution in [-0.2, 0) is 9.59 Å². The number of anilines is 1.